The van der Waals surface area contributed by atoms with E-state index in [1.807, 2.05) is 11.4 Å². The van der Waals surface area contributed by atoms with Gasteiger partial charge in [-0.3, -0.25) is 9.48 Å². The maximum absolute atomic E-state index is 14.1. The zero-order valence-electron chi connectivity index (χ0n) is 15.4. The number of hydrogen-bond donors (Lipinski definition) is 2. The van der Waals surface area contributed by atoms with Crippen molar-refractivity contribution in [1.29, 1.82) is 0 Å². The Morgan fingerprint density at radius 2 is 1.93 bits per heavy atom. The summed E-state index contributed by atoms with van der Waals surface area (Å²) in [6.07, 6.45) is 1.65. The Labute approximate surface area is 161 Å². The molecule has 0 radical (unpaired) electrons. The topological polar surface area (TPSA) is 68.2 Å². The maximum atomic E-state index is 14.1. The first-order valence-corrected chi connectivity index (χ1v) is 8.55. The SMILES string of the molecule is COc1ccc(NC(=O)CNC(F)(F)c2ccccc2)cc1-c1ccnn1C. The van der Waals surface area contributed by atoms with E-state index in [2.05, 4.69) is 10.4 Å². The van der Waals surface area contributed by atoms with Gasteiger partial charge in [0.1, 0.15) is 5.75 Å². The number of aryl methyl sites for hydroxylation is 1. The minimum atomic E-state index is -3.31. The summed E-state index contributed by atoms with van der Waals surface area (Å²) in [6.45, 7) is -0.547. The lowest BCUT2D eigenvalue weighted by Gasteiger charge is -2.18. The Balaban J connectivity index is 1.70. The molecule has 0 fully saturated rings. The summed E-state index contributed by atoms with van der Waals surface area (Å²) in [5, 5.41) is 8.73. The Hall–Kier alpha value is -3.26. The van der Waals surface area contributed by atoms with E-state index in [0.717, 1.165) is 11.3 Å². The van der Waals surface area contributed by atoms with Gasteiger partial charge in [-0.1, -0.05) is 30.3 Å². The molecule has 1 amide bonds. The fourth-order valence-electron chi connectivity index (χ4n) is 2.77. The van der Waals surface area contributed by atoms with E-state index < -0.39 is 18.5 Å². The van der Waals surface area contributed by atoms with Crippen molar-refractivity contribution in [3.05, 3.63) is 66.4 Å². The van der Waals surface area contributed by atoms with E-state index in [1.54, 1.807) is 49.3 Å². The van der Waals surface area contributed by atoms with Crippen LogP contribution in [0.15, 0.2) is 60.8 Å². The second kappa shape index (κ2) is 8.18. The van der Waals surface area contributed by atoms with Gasteiger partial charge >= 0.3 is 6.05 Å². The van der Waals surface area contributed by atoms with Crippen LogP contribution in [0.4, 0.5) is 14.5 Å². The molecule has 2 aromatic carbocycles. The van der Waals surface area contributed by atoms with E-state index in [0.29, 0.717) is 11.4 Å². The van der Waals surface area contributed by atoms with Crippen LogP contribution in [0.3, 0.4) is 0 Å². The molecule has 0 saturated heterocycles. The molecule has 8 heteroatoms. The predicted octanol–water partition coefficient (Wildman–Crippen LogP) is 3.37. The highest BCUT2D eigenvalue weighted by molar-refractivity contribution is 5.93. The third kappa shape index (κ3) is 4.34. The number of carbonyl (C=O) groups is 1. The highest BCUT2D eigenvalue weighted by Gasteiger charge is 2.31. The number of anilines is 1. The molecular weight excluding hydrogens is 366 g/mol. The Morgan fingerprint density at radius 3 is 2.57 bits per heavy atom. The van der Waals surface area contributed by atoms with E-state index in [9.17, 15) is 13.6 Å². The summed E-state index contributed by atoms with van der Waals surface area (Å²) in [6, 6.07) is 10.8. The molecule has 0 bridgehead atoms. The van der Waals surface area contributed by atoms with Crippen LogP contribution in [0.2, 0.25) is 0 Å². The van der Waals surface area contributed by atoms with Crippen molar-refractivity contribution in [1.82, 2.24) is 15.1 Å². The van der Waals surface area contributed by atoms with Crippen LogP contribution in [0.25, 0.3) is 11.3 Å². The van der Waals surface area contributed by atoms with Crippen LogP contribution in [0, 0.1) is 0 Å². The number of benzene rings is 2. The van der Waals surface area contributed by atoms with Gasteiger partial charge in [-0.2, -0.15) is 13.9 Å². The summed E-state index contributed by atoms with van der Waals surface area (Å²) >= 11 is 0. The molecule has 28 heavy (non-hydrogen) atoms. The molecule has 1 aromatic heterocycles. The summed E-state index contributed by atoms with van der Waals surface area (Å²) < 4.78 is 35.3. The first-order valence-electron chi connectivity index (χ1n) is 8.55. The van der Waals surface area contributed by atoms with Crippen molar-refractivity contribution in [3.8, 4) is 17.0 Å². The third-order valence-electron chi connectivity index (χ3n) is 4.19. The van der Waals surface area contributed by atoms with Gasteiger partial charge in [0.15, 0.2) is 0 Å². The Morgan fingerprint density at radius 1 is 1.18 bits per heavy atom. The molecule has 146 valence electrons. The minimum Gasteiger partial charge on any atom is -0.496 e. The van der Waals surface area contributed by atoms with Gasteiger partial charge in [0.05, 0.1) is 19.3 Å². The maximum Gasteiger partial charge on any atom is 0.329 e. The summed E-state index contributed by atoms with van der Waals surface area (Å²) in [5.41, 5.74) is 1.78. The zero-order valence-corrected chi connectivity index (χ0v) is 15.4. The van der Waals surface area contributed by atoms with Gasteiger partial charge in [-0.25, -0.2) is 5.32 Å². The van der Waals surface area contributed by atoms with Gasteiger partial charge in [0.2, 0.25) is 5.91 Å². The number of amides is 1. The number of rotatable bonds is 7. The van der Waals surface area contributed by atoms with E-state index in [1.165, 1.54) is 24.3 Å². The van der Waals surface area contributed by atoms with Crippen LogP contribution >= 0.6 is 0 Å². The van der Waals surface area contributed by atoms with Gasteiger partial charge in [-0.05, 0) is 24.3 Å². The smallest absolute Gasteiger partial charge is 0.329 e. The second-order valence-corrected chi connectivity index (χ2v) is 6.10. The molecule has 3 rings (SSSR count). The monoisotopic (exact) mass is 386 g/mol. The molecule has 1 heterocycles. The van der Waals surface area contributed by atoms with Gasteiger partial charge in [-0.15, -0.1) is 0 Å². The lowest BCUT2D eigenvalue weighted by Crippen LogP contribution is -2.39. The lowest BCUT2D eigenvalue weighted by molar-refractivity contribution is -0.118. The minimum absolute atomic E-state index is 0.203. The fourth-order valence-corrected chi connectivity index (χ4v) is 2.77. The van der Waals surface area contributed by atoms with Crippen molar-refractivity contribution in [2.45, 2.75) is 6.05 Å². The van der Waals surface area contributed by atoms with E-state index >= 15 is 0 Å². The van der Waals surface area contributed by atoms with Gasteiger partial charge in [0.25, 0.3) is 0 Å². The number of ether oxygens (including phenoxy) is 1. The van der Waals surface area contributed by atoms with Crippen molar-refractivity contribution in [2.24, 2.45) is 7.05 Å². The van der Waals surface area contributed by atoms with Gasteiger partial charge < -0.3 is 10.1 Å². The van der Waals surface area contributed by atoms with Crippen LogP contribution < -0.4 is 15.4 Å². The largest absolute Gasteiger partial charge is 0.496 e. The van der Waals surface area contributed by atoms with E-state index in [4.69, 9.17) is 4.74 Å². The number of carbonyl (C=O) groups excluding carboxylic acids is 1. The molecule has 0 atom stereocenters. The predicted molar refractivity (Wildman–Crippen MR) is 102 cm³/mol. The summed E-state index contributed by atoms with van der Waals surface area (Å²) in [4.78, 5) is 12.2. The number of hydrogen-bond acceptors (Lipinski definition) is 4. The molecule has 0 unspecified atom stereocenters. The number of aromatic nitrogens is 2. The number of methoxy groups -OCH3 is 1. The normalized spacial score (nSPS) is 11.3. The average molecular weight is 386 g/mol. The first-order chi connectivity index (χ1) is 13.4. The number of nitrogens with one attached hydrogen (secondary N) is 2. The fraction of sp³-hybridized carbons (Fsp3) is 0.200. The molecule has 2 N–H and O–H groups in total. The van der Waals surface area contributed by atoms with Crippen molar-refractivity contribution in [3.63, 3.8) is 0 Å². The highest BCUT2D eigenvalue weighted by atomic mass is 19.3. The lowest BCUT2D eigenvalue weighted by atomic mass is 10.1. The van der Waals surface area contributed by atoms with Crippen LogP contribution in [-0.2, 0) is 17.9 Å². The molecule has 0 aliphatic heterocycles. The zero-order chi connectivity index (χ0) is 20.1. The number of nitrogens with zero attached hydrogens (tertiary/aromatic N) is 2. The van der Waals surface area contributed by atoms with Crippen LogP contribution in [-0.4, -0.2) is 29.3 Å². The Bertz CT molecular complexity index is 958. The summed E-state index contributed by atoms with van der Waals surface area (Å²) in [7, 11) is 3.33. The van der Waals surface area contributed by atoms with Crippen molar-refractivity contribution < 1.29 is 18.3 Å². The number of halogens is 2. The second-order valence-electron chi connectivity index (χ2n) is 6.10. The molecule has 0 aliphatic rings. The molecule has 3 aromatic rings. The van der Waals surface area contributed by atoms with Crippen LogP contribution in [0.1, 0.15) is 5.56 Å². The van der Waals surface area contributed by atoms with Gasteiger partial charge in [0, 0.05) is 30.1 Å². The molecule has 0 aliphatic carbocycles. The third-order valence-corrected chi connectivity index (χ3v) is 4.19. The standard InChI is InChI=1S/C20H20F2N4O2/c1-26-17(10-11-24-26)16-12-15(8-9-18(16)28-2)25-19(27)13-23-20(21,22)14-6-4-3-5-7-14/h3-12,23H,13H2,1-2H3,(H,25,27). The van der Waals surface area contributed by atoms with Crippen molar-refractivity contribution >= 4 is 11.6 Å². The molecular formula is C20H20F2N4O2. The number of alkyl halides is 2. The quantitative estimate of drug-likeness (QED) is 0.611. The summed E-state index contributed by atoms with van der Waals surface area (Å²) in [5.74, 6) is 0.0204. The van der Waals surface area contributed by atoms with E-state index in [-0.39, 0.29) is 5.56 Å². The molecule has 0 saturated carbocycles. The highest BCUT2D eigenvalue weighted by Crippen LogP contribution is 2.32. The molecule has 6 nitrogen and oxygen atoms in total. The Kier molecular flexibility index (Phi) is 5.70. The average Bonchev–Trinajstić information content (AvgIpc) is 3.13. The van der Waals surface area contributed by atoms with Crippen LogP contribution in [0.5, 0.6) is 5.75 Å². The molecule has 0 spiro atoms. The first kappa shape index (κ1) is 19.5. The van der Waals surface area contributed by atoms with Crippen molar-refractivity contribution in [2.75, 3.05) is 19.0 Å².